The SMILES string of the molecule is Nc1ccc(Cl)cc1Nc1ccc2c(c1)COC2. The van der Waals surface area contributed by atoms with Gasteiger partial charge in [-0.25, -0.2) is 0 Å². The minimum Gasteiger partial charge on any atom is -0.397 e. The number of rotatable bonds is 2. The van der Waals surface area contributed by atoms with E-state index in [1.54, 1.807) is 12.1 Å². The summed E-state index contributed by atoms with van der Waals surface area (Å²) < 4.78 is 5.39. The van der Waals surface area contributed by atoms with Crippen LogP contribution >= 0.6 is 11.6 Å². The first-order valence-corrected chi connectivity index (χ1v) is 6.12. The van der Waals surface area contributed by atoms with Crippen LogP contribution in [-0.4, -0.2) is 0 Å². The van der Waals surface area contributed by atoms with Gasteiger partial charge in [0.15, 0.2) is 0 Å². The first-order chi connectivity index (χ1) is 8.72. The second-order valence-electron chi connectivity index (χ2n) is 4.33. The van der Waals surface area contributed by atoms with Gasteiger partial charge in [0, 0.05) is 10.7 Å². The van der Waals surface area contributed by atoms with Crippen molar-refractivity contribution in [2.75, 3.05) is 11.1 Å². The summed E-state index contributed by atoms with van der Waals surface area (Å²) in [6.07, 6.45) is 0. The summed E-state index contributed by atoms with van der Waals surface area (Å²) in [5.41, 5.74) is 10.9. The van der Waals surface area contributed by atoms with E-state index >= 15 is 0 Å². The molecule has 0 atom stereocenters. The summed E-state index contributed by atoms with van der Waals surface area (Å²) in [7, 11) is 0. The molecule has 0 aliphatic carbocycles. The lowest BCUT2D eigenvalue weighted by molar-refractivity contribution is 0.134. The average Bonchev–Trinajstić information content (AvgIpc) is 2.81. The number of halogens is 1. The average molecular weight is 261 g/mol. The van der Waals surface area contributed by atoms with Crippen LogP contribution in [0.4, 0.5) is 17.1 Å². The molecule has 3 rings (SSSR count). The second kappa shape index (κ2) is 4.52. The number of ether oxygens (including phenoxy) is 1. The predicted octanol–water partition coefficient (Wildman–Crippen LogP) is 3.70. The van der Waals surface area contributed by atoms with Crippen LogP contribution in [0.1, 0.15) is 11.1 Å². The number of hydrogen-bond donors (Lipinski definition) is 2. The molecule has 1 aliphatic rings. The maximum Gasteiger partial charge on any atom is 0.0725 e. The van der Waals surface area contributed by atoms with Crippen LogP contribution < -0.4 is 11.1 Å². The van der Waals surface area contributed by atoms with Gasteiger partial charge >= 0.3 is 0 Å². The maximum absolute atomic E-state index is 5.96. The number of benzene rings is 2. The number of nitrogen functional groups attached to an aromatic ring is 1. The van der Waals surface area contributed by atoms with E-state index in [0.29, 0.717) is 23.9 Å². The van der Waals surface area contributed by atoms with Crippen molar-refractivity contribution in [2.24, 2.45) is 0 Å². The van der Waals surface area contributed by atoms with E-state index in [0.717, 1.165) is 11.4 Å². The lowest BCUT2D eigenvalue weighted by atomic mass is 10.1. The van der Waals surface area contributed by atoms with Crippen LogP contribution in [0.25, 0.3) is 0 Å². The molecule has 92 valence electrons. The highest BCUT2D eigenvalue weighted by Gasteiger charge is 2.11. The molecular formula is C14H13ClN2O. The summed E-state index contributed by atoms with van der Waals surface area (Å²) in [6, 6.07) is 11.6. The molecule has 2 aromatic carbocycles. The lowest BCUT2D eigenvalue weighted by Crippen LogP contribution is -1.97. The molecule has 0 saturated carbocycles. The van der Waals surface area contributed by atoms with E-state index < -0.39 is 0 Å². The van der Waals surface area contributed by atoms with Crippen molar-refractivity contribution >= 4 is 28.7 Å². The van der Waals surface area contributed by atoms with Crippen molar-refractivity contribution in [3.05, 3.63) is 52.5 Å². The van der Waals surface area contributed by atoms with Gasteiger partial charge in [0.2, 0.25) is 0 Å². The van der Waals surface area contributed by atoms with Crippen LogP contribution in [-0.2, 0) is 18.0 Å². The molecule has 3 nitrogen and oxygen atoms in total. The number of nitrogens with one attached hydrogen (secondary N) is 1. The van der Waals surface area contributed by atoms with E-state index in [-0.39, 0.29) is 0 Å². The van der Waals surface area contributed by atoms with E-state index in [4.69, 9.17) is 22.1 Å². The van der Waals surface area contributed by atoms with Crippen molar-refractivity contribution in [1.82, 2.24) is 0 Å². The van der Waals surface area contributed by atoms with Crippen molar-refractivity contribution < 1.29 is 4.74 Å². The zero-order chi connectivity index (χ0) is 12.5. The Morgan fingerprint density at radius 2 is 1.89 bits per heavy atom. The van der Waals surface area contributed by atoms with Gasteiger partial charge in [0.25, 0.3) is 0 Å². The van der Waals surface area contributed by atoms with Crippen molar-refractivity contribution in [2.45, 2.75) is 13.2 Å². The molecule has 0 saturated heterocycles. The maximum atomic E-state index is 5.96. The number of fused-ring (bicyclic) bond motifs is 1. The molecular weight excluding hydrogens is 248 g/mol. The number of anilines is 3. The fourth-order valence-corrected chi connectivity index (χ4v) is 2.21. The normalized spacial score (nSPS) is 13.4. The highest BCUT2D eigenvalue weighted by atomic mass is 35.5. The highest BCUT2D eigenvalue weighted by molar-refractivity contribution is 6.31. The van der Waals surface area contributed by atoms with Crippen molar-refractivity contribution in [1.29, 1.82) is 0 Å². The van der Waals surface area contributed by atoms with Gasteiger partial charge in [0.1, 0.15) is 0 Å². The standard InChI is InChI=1S/C14H13ClN2O/c15-11-2-4-13(16)14(6-11)17-12-3-1-9-7-18-8-10(9)5-12/h1-6,17H,7-8,16H2. The van der Waals surface area contributed by atoms with E-state index in [9.17, 15) is 0 Å². The summed E-state index contributed by atoms with van der Waals surface area (Å²) in [6.45, 7) is 1.38. The van der Waals surface area contributed by atoms with Crippen LogP contribution in [0.2, 0.25) is 5.02 Å². The van der Waals surface area contributed by atoms with Crippen LogP contribution in [0.3, 0.4) is 0 Å². The van der Waals surface area contributed by atoms with E-state index in [1.807, 2.05) is 12.1 Å². The number of hydrogen-bond acceptors (Lipinski definition) is 3. The molecule has 0 aromatic heterocycles. The third kappa shape index (κ3) is 2.15. The smallest absolute Gasteiger partial charge is 0.0725 e. The van der Waals surface area contributed by atoms with Gasteiger partial charge in [-0.1, -0.05) is 17.7 Å². The molecule has 0 unspecified atom stereocenters. The van der Waals surface area contributed by atoms with Gasteiger partial charge in [0.05, 0.1) is 24.6 Å². The monoisotopic (exact) mass is 260 g/mol. The zero-order valence-corrected chi connectivity index (χ0v) is 10.5. The van der Waals surface area contributed by atoms with E-state index in [1.165, 1.54) is 11.1 Å². The van der Waals surface area contributed by atoms with Gasteiger partial charge in [-0.05, 0) is 41.5 Å². The highest BCUT2D eigenvalue weighted by Crippen LogP contribution is 2.29. The Kier molecular flexibility index (Phi) is 2.86. The topological polar surface area (TPSA) is 47.3 Å². The molecule has 1 aliphatic heterocycles. The lowest BCUT2D eigenvalue weighted by Gasteiger charge is -2.10. The van der Waals surface area contributed by atoms with Crippen molar-refractivity contribution in [3.63, 3.8) is 0 Å². The molecule has 2 aromatic rings. The third-order valence-corrected chi connectivity index (χ3v) is 3.25. The molecule has 0 radical (unpaired) electrons. The molecule has 4 heteroatoms. The fraction of sp³-hybridized carbons (Fsp3) is 0.143. The van der Waals surface area contributed by atoms with Gasteiger partial charge in [-0.3, -0.25) is 0 Å². The van der Waals surface area contributed by atoms with Crippen molar-refractivity contribution in [3.8, 4) is 0 Å². The largest absolute Gasteiger partial charge is 0.397 e. The molecule has 18 heavy (non-hydrogen) atoms. The van der Waals surface area contributed by atoms with Gasteiger partial charge < -0.3 is 15.8 Å². The molecule has 0 fully saturated rings. The first kappa shape index (κ1) is 11.4. The quantitative estimate of drug-likeness (QED) is 0.810. The summed E-state index contributed by atoms with van der Waals surface area (Å²) in [5, 5.41) is 3.94. The Morgan fingerprint density at radius 3 is 2.78 bits per heavy atom. The molecule has 0 bridgehead atoms. The fourth-order valence-electron chi connectivity index (χ4n) is 2.04. The Labute approximate surface area is 111 Å². The second-order valence-corrected chi connectivity index (χ2v) is 4.77. The van der Waals surface area contributed by atoms with Gasteiger partial charge in [-0.15, -0.1) is 0 Å². The number of nitrogens with two attached hydrogens (primary N) is 1. The molecule has 0 amide bonds. The molecule has 0 spiro atoms. The van der Waals surface area contributed by atoms with Crippen LogP contribution in [0.15, 0.2) is 36.4 Å². The molecule has 1 heterocycles. The summed E-state index contributed by atoms with van der Waals surface area (Å²) >= 11 is 5.96. The van der Waals surface area contributed by atoms with E-state index in [2.05, 4.69) is 17.4 Å². The van der Waals surface area contributed by atoms with Crippen LogP contribution in [0, 0.1) is 0 Å². The Balaban J connectivity index is 1.90. The Hall–Kier alpha value is -1.71. The Morgan fingerprint density at radius 1 is 1.06 bits per heavy atom. The third-order valence-electron chi connectivity index (χ3n) is 3.02. The first-order valence-electron chi connectivity index (χ1n) is 5.74. The van der Waals surface area contributed by atoms with Crippen LogP contribution in [0.5, 0.6) is 0 Å². The minimum atomic E-state index is 0.663. The summed E-state index contributed by atoms with van der Waals surface area (Å²) in [5.74, 6) is 0. The molecule has 3 N–H and O–H groups in total. The Bertz CT molecular complexity index is 598. The summed E-state index contributed by atoms with van der Waals surface area (Å²) in [4.78, 5) is 0. The zero-order valence-electron chi connectivity index (χ0n) is 9.74. The predicted molar refractivity (Wildman–Crippen MR) is 74.1 cm³/mol. The van der Waals surface area contributed by atoms with Gasteiger partial charge in [-0.2, -0.15) is 0 Å². The minimum absolute atomic E-state index is 0.663.